The number of benzene rings is 1. The summed E-state index contributed by atoms with van der Waals surface area (Å²) in [7, 11) is 0. The van der Waals surface area contributed by atoms with Crippen LogP contribution in [0.1, 0.15) is 36.0 Å². The molecule has 1 aliphatic heterocycles. The second-order valence-corrected chi connectivity index (χ2v) is 5.89. The quantitative estimate of drug-likeness (QED) is 0.901. The SMILES string of the molecule is O=C(O)c1ccc(Br)c(OCC(=O)N2CCCCCC2)c1. The van der Waals surface area contributed by atoms with Gasteiger partial charge in [0.15, 0.2) is 6.61 Å². The van der Waals surface area contributed by atoms with Gasteiger partial charge in [-0.05, 0) is 47.0 Å². The highest BCUT2D eigenvalue weighted by molar-refractivity contribution is 9.10. The van der Waals surface area contributed by atoms with Crippen LogP contribution in [0.2, 0.25) is 0 Å². The van der Waals surface area contributed by atoms with Crippen LogP contribution in [-0.4, -0.2) is 41.6 Å². The Bertz CT molecular complexity index is 524. The molecule has 1 aromatic rings. The predicted octanol–water partition coefficient (Wildman–Crippen LogP) is 2.93. The summed E-state index contributed by atoms with van der Waals surface area (Å²) in [6.45, 7) is 1.48. The van der Waals surface area contributed by atoms with Crippen molar-refractivity contribution in [1.82, 2.24) is 4.90 Å². The highest BCUT2D eigenvalue weighted by Gasteiger charge is 2.17. The zero-order valence-electron chi connectivity index (χ0n) is 11.7. The first-order valence-electron chi connectivity index (χ1n) is 7.01. The van der Waals surface area contributed by atoms with Gasteiger partial charge in [0.2, 0.25) is 0 Å². The van der Waals surface area contributed by atoms with Crippen molar-refractivity contribution in [2.24, 2.45) is 0 Å². The fourth-order valence-corrected chi connectivity index (χ4v) is 2.66. The van der Waals surface area contributed by atoms with Crippen molar-refractivity contribution < 1.29 is 19.4 Å². The van der Waals surface area contributed by atoms with Gasteiger partial charge in [-0.1, -0.05) is 12.8 Å². The van der Waals surface area contributed by atoms with Crippen molar-refractivity contribution >= 4 is 27.8 Å². The van der Waals surface area contributed by atoms with E-state index in [9.17, 15) is 9.59 Å². The van der Waals surface area contributed by atoms with Gasteiger partial charge in [-0.2, -0.15) is 0 Å². The van der Waals surface area contributed by atoms with Crippen LogP contribution in [0.5, 0.6) is 5.75 Å². The van der Waals surface area contributed by atoms with Gasteiger partial charge >= 0.3 is 5.97 Å². The fraction of sp³-hybridized carbons (Fsp3) is 0.467. The third-order valence-electron chi connectivity index (χ3n) is 3.49. The largest absolute Gasteiger partial charge is 0.483 e. The molecule has 0 spiro atoms. The number of hydrogen-bond acceptors (Lipinski definition) is 3. The van der Waals surface area contributed by atoms with E-state index in [2.05, 4.69) is 15.9 Å². The van der Waals surface area contributed by atoms with Gasteiger partial charge in [-0.3, -0.25) is 4.79 Å². The summed E-state index contributed by atoms with van der Waals surface area (Å²) in [4.78, 5) is 24.9. The number of carboxylic acid groups (broad SMARTS) is 1. The van der Waals surface area contributed by atoms with Gasteiger partial charge in [0.05, 0.1) is 10.0 Å². The van der Waals surface area contributed by atoms with E-state index in [-0.39, 0.29) is 18.1 Å². The van der Waals surface area contributed by atoms with Crippen LogP contribution in [0.15, 0.2) is 22.7 Å². The van der Waals surface area contributed by atoms with E-state index < -0.39 is 5.97 Å². The normalized spacial score (nSPS) is 15.4. The van der Waals surface area contributed by atoms with E-state index in [4.69, 9.17) is 9.84 Å². The maximum Gasteiger partial charge on any atom is 0.335 e. The number of halogens is 1. The van der Waals surface area contributed by atoms with Crippen LogP contribution in [-0.2, 0) is 4.79 Å². The average molecular weight is 356 g/mol. The number of hydrogen-bond donors (Lipinski definition) is 1. The van der Waals surface area contributed by atoms with Gasteiger partial charge in [0.25, 0.3) is 5.91 Å². The topological polar surface area (TPSA) is 66.8 Å². The number of carboxylic acids is 1. The molecular weight excluding hydrogens is 338 g/mol. The Balaban J connectivity index is 1.97. The molecule has 1 N–H and O–H groups in total. The molecule has 0 bridgehead atoms. The van der Waals surface area contributed by atoms with Gasteiger partial charge in [-0.25, -0.2) is 4.79 Å². The van der Waals surface area contributed by atoms with Gasteiger partial charge in [0.1, 0.15) is 5.75 Å². The first-order chi connectivity index (χ1) is 10.1. The molecule has 0 aliphatic carbocycles. The highest BCUT2D eigenvalue weighted by atomic mass is 79.9. The second-order valence-electron chi connectivity index (χ2n) is 5.03. The first-order valence-corrected chi connectivity index (χ1v) is 7.80. The zero-order valence-corrected chi connectivity index (χ0v) is 13.3. The molecule has 1 saturated heterocycles. The molecular formula is C15H18BrNO4. The molecule has 0 saturated carbocycles. The maximum atomic E-state index is 12.1. The van der Waals surface area contributed by atoms with Crippen LogP contribution in [0.4, 0.5) is 0 Å². The molecule has 5 nitrogen and oxygen atoms in total. The molecule has 1 heterocycles. The van der Waals surface area contributed by atoms with Crippen LogP contribution >= 0.6 is 15.9 Å². The monoisotopic (exact) mass is 355 g/mol. The van der Waals surface area contributed by atoms with Crippen LogP contribution in [0, 0.1) is 0 Å². The van der Waals surface area contributed by atoms with Crippen LogP contribution in [0.25, 0.3) is 0 Å². The number of carbonyl (C=O) groups excluding carboxylic acids is 1. The molecule has 1 aromatic carbocycles. The van der Waals surface area contributed by atoms with Crippen LogP contribution in [0.3, 0.4) is 0 Å². The number of nitrogens with zero attached hydrogens (tertiary/aromatic N) is 1. The van der Waals surface area contributed by atoms with Crippen molar-refractivity contribution in [2.75, 3.05) is 19.7 Å². The molecule has 1 aliphatic rings. The van der Waals surface area contributed by atoms with E-state index >= 15 is 0 Å². The number of likely N-dealkylation sites (tertiary alicyclic amines) is 1. The molecule has 0 aromatic heterocycles. The second kappa shape index (κ2) is 7.45. The molecule has 2 rings (SSSR count). The van der Waals surface area contributed by atoms with Crippen molar-refractivity contribution in [3.8, 4) is 5.75 Å². The van der Waals surface area contributed by atoms with Crippen molar-refractivity contribution in [1.29, 1.82) is 0 Å². The van der Waals surface area contributed by atoms with E-state index in [0.717, 1.165) is 38.8 Å². The van der Waals surface area contributed by atoms with Gasteiger partial charge < -0.3 is 14.7 Å². The highest BCUT2D eigenvalue weighted by Crippen LogP contribution is 2.26. The lowest BCUT2D eigenvalue weighted by Crippen LogP contribution is -2.35. The minimum atomic E-state index is -1.02. The Kier molecular flexibility index (Phi) is 5.61. The summed E-state index contributed by atoms with van der Waals surface area (Å²) in [5, 5.41) is 8.97. The molecule has 0 atom stereocenters. The molecule has 1 fully saturated rings. The number of amides is 1. The van der Waals surface area contributed by atoms with Crippen molar-refractivity contribution in [2.45, 2.75) is 25.7 Å². The number of ether oxygens (including phenoxy) is 1. The summed E-state index contributed by atoms with van der Waals surface area (Å²) >= 11 is 3.30. The van der Waals surface area contributed by atoms with Crippen molar-refractivity contribution in [3.05, 3.63) is 28.2 Å². The Morgan fingerprint density at radius 3 is 2.48 bits per heavy atom. The smallest absolute Gasteiger partial charge is 0.335 e. The van der Waals surface area contributed by atoms with E-state index in [1.54, 1.807) is 6.07 Å². The fourth-order valence-electron chi connectivity index (χ4n) is 2.30. The lowest BCUT2D eigenvalue weighted by Gasteiger charge is -2.20. The lowest BCUT2D eigenvalue weighted by molar-refractivity contribution is -0.133. The first kappa shape index (κ1) is 15.8. The molecule has 0 unspecified atom stereocenters. The summed E-state index contributed by atoms with van der Waals surface area (Å²) in [6.07, 6.45) is 4.39. The molecule has 114 valence electrons. The molecule has 0 radical (unpaired) electrons. The average Bonchev–Trinajstić information content (AvgIpc) is 2.75. The van der Waals surface area contributed by atoms with E-state index in [0.29, 0.717) is 10.2 Å². The molecule has 1 amide bonds. The minimum absolute atomic E-state index is 0.0514. The third-order valence-corrected chi connectivity index (χ3v) is 4.14. The lowest BCUT2D eigenvalue weighted by atomic mass is 10.2. The summed E-state index contributed by atoms with van der Waals surface area (Å²) in [5.74, 6) is -0.700. The van der Waals surface area contributed by atoms with E-state index in [1.807, 2.05) is 4.90 Å². The minimum Gasteiger partial charge on any atom is -0.483 e. The van der Waals surface area contributed by atoms with Gasteiger partial charge in [-0.15, -0.1) is 0 Å². The summed E-state index contributed by atoms with van der Waals surface area (Å²) < 4.78 is 6.12. The molecule has 21 heavy (non-hydrogen) atoms. The number of carbonyl (C=O) groups is 2. The number of aromatic carboxylic acids is 1. The number of rotatable bonds is 4. The Hall–Kier alpha value is -1.56. The standard InChI is InChI=1S/C15H18BrNO4/c16-12-6-5-11(15(19)20)9-13(12)21-10-14(18)17-7-3-1-2-4-8-17/h5-6,9H,1-4,7-8,10H2,(H,19,20). The summed E-state index contributed by atoms with van der Waals surface area (Å²) in [6, 6.07) is 4.51. The third kappa shape index (κ3) is 4.46. The predicted molar refractivity (Wildman–Crippen MR) is 81.6 cm³/mol. The van der Waals surface area contributed by atoms with Crippen LogP contribution < -0.4 is 4.74 Å². The van der Waals surface area contributed by atoms with Crippen molar-refractivity contribution in [3.63, 3.8) is 0 Å². The molecule has 6 heteroatoms. The van der Waals surface area contributed by atoms with Gasteiger partial charge in [0, 0.05) is 13.1 Å². The zero-order chi connectivity index (χ0) is 15.2. The Labute approximate surface area is 132 Å². The summed E-state index contributed by atoms with van der Waals surface area (Å²) in [5.41, 5.74) is 0.135. The maximum absolute atomic E-state index is 12.1. The van der Waals surface area contributed by atoms with E-state index in [1.165, 1.54) is 12.1 Å². The Morgan fingerprint density at radius 1 is 1.19 bits per heavy atom. The Morgan fingerprint density at radius 2 is 1.86 bits per heavy atom.